The van der Waals surface area contributed by atoms with Crippen LogP contribution < -0.4 is 10.5 Å². The number of hydrogen-bond acceptors (Lipinski definition) is 5. The van der Waals surface area contributed by atoms with E-state index in [-0.39, 0.29) is 29.5 Å². The summed E-state index contributed by atoms with van der Waals surface area (Å²) >= 11 is 0. The van der Waals surface area contributed by atoms with Gasteiger partial charge < -0.3 is 10.5 Å². The van der Waals surface area contributed by atoms with Crippen LogP contribution in [-0.2, 0) is 0 Å². The molecule has 0 spiro atoms. The van der Waals surface area contributed by atoms with E-state index in [9.17, 15) is 4.39 Å². The molecule has 0 radical (unpaired) electrons. The first kappa shape index (κ1) is 12.2. The number of nitrogen functional groups attached to an aromatic ring is 1. The third kappa shape index (κ3) is 2.71. The Morgan fingerprint density at radius 3 is 2.56 bits per heavy atom. The standard InChI is InChI=1S/C12H13FN4O/c1-7(2)18-12-16-10(15-11(14)17-12)8-5-3-4-6-9(8)13/h3-7H,1-2H3,(H2,14,15,16,17). The zero-order chi connectivity index (χ0) is 13.1. The number of ether oxygens (including phenoxy) is 1. The van der Waals surface area contributed by atoms with E-state index >= 15 is 0 Å². The first-order valence-electron chi connectivity index (χ1n) is 5.49. The molecule has 1 aromatic carbocycles. The summed E-state index contributed by atoms with van der Waals surface area (Å²) < 4.78 is 19.0. The van der Waals surface area contributed by atoms with Gasteiger partial charge in [0.15, 0.2) is 5.82 Å². The molecular formula is C12H13FN4O. The number of nitrogens with zero attached hydrogens (tertiary/aromatic N) is 3. The normalized spacial score (nSPS) is 10.7. The van der Waals surface area contributed by atoms with Gasteiger partial charge in [-0.1, -0.05) is 12.1 Å². The van der Waals surface area contributed by atoms with Gasteiger partial charge >= 0.3 is 6.01 Å². The molecule has 1 aromatic heterocycles. The van der Waals surface area contributed by atoms with E-state index in [4.69, 9.17) is 10.5 Å². The largest absolute Gasteiger partial charge is 0.461 e. The van der Waals surface area contributed by atoms with Crippen LogP contribution in [0.25, 0.3) is 11.4 Å². The molecule has 0 saturated heterocycles. The predicted octanol–water partition coefficient (Wildman–Crippen LogP) is 2.05. The fourth-order valence-corrected chi connectivity index (χ4v) is 1.40. The van der Waals surface area contributed by atoms with Gasteiger partial charge in [0.2, 0.25) is 5.95 Å². The summed E-state index contributed by atoms with van der Waals surface area (Å²) in [6, 6.07) is 6.29. The highest BCUT2D eigenvalue weighted by Gasteiger charge is 2.12. The SMILES string of the molecule is CC(C)Oc1nc(N)nc(-c2ccccc2F)n1. The van der Waals surface area contributed by atoms with Gasteiger partial charge in [-0.25, -0.2) is 4.39 Å². The third-order valence-corrected chi connectivity index (χ3v) is 2.09. The second-order valence-electron chi connectivity index (χ2n) is 3.95. The van der Waals surface area contributed by atoms with Gasteiger partial charge in [0.1, 0.15) is 5.82 Å². The molecule has 0 aliphatic heterocycles. The Morgan fingerprint density at radius 1 is 1.17 bits per heavy atom. The van der Waals surface area contributed by atoms with Crippen LogP contribution in [0, 0.1) is 5.82 Å². The first-order valence-corrected chi connectivity index (χ1v) is 5.49. The number of rotatable bonds is 3. The Labute approximate surface area is 104 Å². The zero-order valence-corrected chi connectivity index (χ0v) is 10.1. The van der Waals surface area contributed by atoms with E-state index in [1.807, 2.05) is 13.8 Å². The molecule has 0 saturated carbocycles. The smallest absolute Gasteiger partial charge is 0.322 e. The molecule has 0 amide bonds. The van der Waals surface area contributed by atoms with Gasteiger partial charge in [0.25, 0.3) is 0 Å². The zero-order valence-electron chi connectivity index (χ0n) is 10.1. The second kappa shape index (κ2) is 4.95. The van der Waals surface area contributed by atoms with Crippen molar-refractivity contribution >= 4 is 5.95 Å². The van der Waals surface area contributed by atoms with E-state index < -0.39 is 5.82 Å². The summed E-state index contributed by atoms with van der Waals surface area (Å²) in [7, 11) is 0. The quantitative estimate of drug-likeness (QED) is 0.899. The number of benzene rings is 1. The van der Waals surface area contributed by atoms with Crippen molar-refractivity contribution in [2.45, 2.75) is 20.0 Å². The highest BCUT2D eigenvalue weighted by atomic mass is 19.1. The van der Waals surface area contributed by atoms with Gasteiger partial charge in [-0.15, -0.1) is 0 Å². The Morgan fingerprint density at radius 2 is 1.89 bits per heavy atom. The van der Waals surface area contributed by atoms with Gasteiger partial charge in [0, 0.05) is 0 Å². The molecule has 5 nitrogen and oxygen atoms in total. The maximum absolute atomic E-state index is 13.6. The minimum Gasteiger partial charge on any atom is -0.461 e. The average molecular weight is 248 g/mol. The summed E-state index contributed by atoms with van der Waals surface area (Å²) in [4.78, 5) is 11.8. The molecule has 0 atom stereocenters. The Balaban J connectivity index is 2.45. The fraction of sp³-hybridized carbons (Fsp3) is 0.250. The topological polar surface area (TPSA) is 73.9 Å². The number of halogens is 1. The number of aromatic nitrogens is 3. The molecule has 0 aliphatic carbocycles. The van der Waals surface area contributed by atoms with Crippen LogP contribution in [0.3, 0.4) is 0 Å². The summed E-state index contributed by atoms with van der Waals surface area (Å²) in [6.45, 7) is 3.67. The van der Waals surface area contributed by atoms with Crippen molar-refractivity contribution in [1.29, 1.82) is 0 Å². The molecule has 6 heteroatoms. The summed E-state index contributed by atoms with van der Waals surface area (Å²) in [5.41, 5.74) is 5.82. The van der Waals surface area contributed by atoms with Crippen molar-refractivity contribution in [3.8, 4) is 17.4 Å². The van der Waals surface area contributed by atoms with E-state index in [1.54, 1.807) is 18.2 Å². The maximum atomic E-state index is 13.6. The lowest BCUT2D eigenvalue weighted by atomic mass is 10.2. The van der Waals surface area contributed by atoms with Crippen LogP contribution in [0.4, 0.5) is 10.3 Å². The maximum Gasteiger partial charge on any atom is 0.322 e. The molecule has 94 valence electrons. The first-order chi connectivity index (χ1) is 8.56. The summed E-state index contributed by atoms with van der Waals surface area (Å²) in [5.74, 6) is -0.256. The molecule has 0 aliphatic rings. The fourth-order valence-electron chi connectivity index (χ4n) is 1.40. The van der Waals surface area contributed by atoms with Crippen LogP contribution in [0.2, 0.25) is 0 Å². The molecule has 2 rings (SSSR count). The van der Waals surface area contributed by atoms with Crippen molar-refractivity contribution in [1.82, 2.24) is 15.0 Å². The van der Waals surface area contributed by atoms with Crippen molar-refractivity contribution < 1.29 is 9.13 Å². The van der Waals surface area contributed by atoms with Crippen LogP contribution in [0.5, 0.6) is 6.01 Å². The van der Waals surface area contributed by atoms with Gasteiger partial charge in [-0.2, -0.15) is 15.0 Å². The summed E-state index contributed by atoms with van der Waals surface area (Å²) in [6.07, 6.45) is -0.0970. The molecule has 2 N–H and O–H groups in total. The van der Waals surface area contributed by atoms with Gasteiger partial charge in [-0.3, -0.25) is 0 Å². The highest BCUT2D eigenvalue weighted by molar-refractivity contribution is 5.56. The molecule has 2 aromatic rings. The molecular weight excluding hydrogens is 235 g/mol. The highest BCUT2D eigenvalue weighted by Crippen LogP contribution is 2.21. The minimum absolute atomic E-state index is 0.00102. The van der Waals surface area contributed by atoms with E-state index in [1.165, 1.54) is 6.07 Å². The number of nitrogens with two attached hydrogens (primary N) is 1. The molecule has 0 unspecified atom stereocenters. The second-order valence-corrected chi connectivity index (χ2v) is 3.95. The minimum atomic E-state index is -0.418. The molecule has 0 fully saturated rings. The lowest BCUT2D eigenvalue weighted by Gasteiger charge is -2.09. The van der Waals surface area contributed by atoms with E-state index in [0.717, 1.165) is 0 Å². The number of anilines is 1. The Hall–Kier alpha value is -2.24. The van der Waals surface area contributed by atoms with Crippen LogP contribution in [0.1, 0.15) is 13.8 Å². The Kier molecular flexibility index (Phi) is 3.36. The molecule has 1 heterocycles. The van der Waals surface area contributed by atoms with Crippen molar-refractivity contribution in [3.05, 3.63) is 30.1 Å². The Bertz CT molecular complexity index is 560. The van der Waals surface area contributed by atoms with Crippen molar-refractivity contribution in [2.24, 2.45) is 0 Å². The van der Waals surface area contributed by atoms with Crippen LogP contribution >= 0.6 is 0 Å². The summed E-state index contributed by atoms with van der Waals surface area (Å²) in [5, 5.41) is 0. The van der Waals surface area contributed by atoms with Gasteiger partial charge in [0.05, 0.1) is 11.7 Å². The lowest BCUT2D eigenvalue weighted by molar-refractivity contribution is 0.222. The average Bonchev–Trinajstić information content (AvgIpc) is 2.27. The van der Waals surface area contributed by atoms with Crippen LogP contribution in [0.15, 0.2) is 24.3 Å². The predicted molar refractivity (Wildman–Crippen MR) is 65.4 cm³/mol. The van der Waals surface area contributed by atoms with Gasteiger partial charge in [-0.05, 0) is 26.0 Å². The third-order valence-electron chi connectivity index (χ3n) is 2.09. The monoisotopic (exact) mass is 248 g/mol. The molecule has 0 bridgehead atoms. The molecule has 18 heavy (non-hydrogen) atoms. The van der Waals surface area contributed by atoms with Crippen molar-refractivity contribution in [2.75, 3.05) is 5.73 Å². The lowest BCUT2D eigenvalue weighted by Crippen LogP contribution is -2.11. The van der Waals surface area contributed by atoms with Crippen LogP contribution in [-0.4, -0.2) is 21.1 Å². The van der Waals surface area contributed by atoms with E-state index in [2.05, 4.69) is 15.0 Å². The number of hydrogen-bond donors (Lipinski definition) is 1. The van der Waals surface area contributed by atoms with E-state index in [0.29, 0.717) is 0 Å². The van der Waals surface area contributed by atoms with Crippen molar-refractivity contribution in [3.63, 3.8) is 0 Å².